The Hall–Kier alpha value is -1.47. The predicted octanol–water partition coefficient (Wildman–Crippen LogP) is 3.96. The summed E-state index contributed by atoms with van der Waals surface area (Å²) in [7, 11) is 0. The van der Waals surface area contributed by atoms with Gasteiger partial charge in [-0.15, -0.1) is 11.3 Å². The van der Waals surface area contributed by atoms with Gasteiger partial charge < -0.3 is 10.6 Å². The highest BCUT2D eigenvalue weighted by Gasteiger charge is 2.05. The average molecular weight is 413 g/mol. The lowest BCUT2D eigenvalue weighted by molar-refractivity contribution is 0.620. The monoisotopic (exact) mass is 412 g/mol. The van der Waals surface area contributed by atoms with E-state index >= 15 is 0 Å². The van der Waals surface area contributed by atoms with E-state index in [0.29, 0.717) is 11.0 Å². The second-order valence-corrected chi connectivity index (χ2v) is 7.50. The van der Waals surface area contributed by atoms with Crippen molar-refractivity contribution in [2.45, 2.75) is 33.7 Å². The SMILES string of the molecule is CCNC(=NCc1sc(C)nc1C)NCCc1ccc(F)c(Br)c1. The van der Waals surface area contributed by atoms with E-state index in [1.54, 1.807) is 17.4 Å². The van der Waals surface area contributed by atoms with Crippen molar-refractivity contribution < 1.29 is 4.39 Å². The van der Waals surface area contributed by atoms with E-state index in [1.807, 2.05) is 26.8 Å². The number of thiazole rings is 1. The van der Waals surface area contributed by atoms with E-state index in [2.05, 4.69) is 36.5 Å². The Labute approximate surface area is 154 Å². The molecule has 0 fully saturated rings. The average Bonchev–Trinajstić information content (AvgIpc) is 2.86. The lowest BCUT2D eigenvalue weighted by atomic mass is 10.1. The van der Waals surface area contributed by atoms with Crippen LogP contribution in [0.5, 0.6) is 0 Å². The van der Waals surface area contributed by atoms with Gasteiger partial charge in [-0.25, -0.2) is 14.4 Å². The Morgan fingerprint density at radius 3 is 2.75 bits per heavy atom. The zero-order chi connectivity index (χ0) is 17.5. The van der Waals surface area contributed by atoms with Crippen molar-refractivity contribution in [2.75, 3.05) is 13.1 Å². The minimum atomic E-state index is -0.239. The minimum Gasteiger partial charge on any atom is -0.357 e. The first-order chi connectivity index (χ1) is 11.5. The van der Waals surface area contributed by atoms with E-state index in [1.165, 1.54) is 10.9 Å². The Balaban J connectivity index is 1.91. The summed E-state index contributed by atoms with van der Waals surface area (Å²) in [6.07, 6.45) is 0.794. The summed E-state index contributed by atoms with van der Waals surface area (Å²) >= 11 is 4.90. The lowest BCUT2D eigenvalue weighted by Gasteiger charge is -2.11. The molecule has 1 aromatic heterocycles. The number of nitrogens with one attached hydrogen (secondary N) is 2. The van der Waals surface area contributed by atoms with Crippen molar-refractivity contribution in [1.82, 2.24) is 15.6 Å². The summed E-state index contributed by atoms with van der Waals surface area (Å²) in [6.45, 7) is 8.21. The standard InChI is InChI=1S/C17H22BrFN4S/c1-4-20-17(22-10-16-11(2)23-12(3)24-16)21-8-7-13-5-6-15(19)14(18)9-13/h5-6,9H,4,7-8,10H2,1-3H3,(H2,20,21,22). The first kappa shape index (κ1) is 18.9. The summed E-state index contributed by atoms with van der Waals surface area (Å²) < 4.78 is 13.7. The van der Waals surface area contributed by atoms with Crippen molar-refractivity contribution >= 4 is 33.2 Å². The van der Waals surface area contributed by atoms with Gasteiger partial charge in [-0.1, -0.05) is 6.07 Å². The second-order valence-electron chi connectivity index (χ2n) is 5.36. The molecule has 0 amide bonds. The molecule has 0 spiro atoms. The molecular formula is C17H22BrFN4S. The van der Waals surface area contributed by atoms with Crippen LogP contribution < -0.4 is 10.6 Å². The fourth-order valence-corrected chi connectivity index (χ4v) is 3.52. The van der Waals surface area contributed by atoms with Gasteiger partial charge in [0.15, 0.2) is 5.96 Å². The number of aromatic nitrogens is 1. The van der Waals surface area contributed by atoms with E-state index < -0.39 is 0 Å². The molecule has 0 bridgehead atoms. The van der Waals surface area contributed by atoms with Crippen LogP contribution in [-0.4, -0.2) is 24.0 Å². The van der Waals surface area contributed by atoms with Crippen molar-refractivity contribution in [3.63, 3.8) is 0 Å². The molecular weight excluding hydrogens is 391 g/mol. The van der Waals surface area contributed by atoms with Gasteiger partial charge in [0.1, 0.15) is 5.82 Å². The third-order valence-corrected chi connectivity index (χ3v) is 5.08. The molecule has 2 aromatic rings. The number of guanidine groups is 1. The fourth-order valence-electron chi connectivity index (χ4n) is 2.23. The van der Waals surface area contributed by atoms with E-state index in [0.717, 1.165) is 41.7 Å². The molecule has 0 unspecified atom stereocenters. The molecule has 2 rings (SSSR count). The Morgan fingerprint density at radius 1 is 1.33 bits per heavy atom. The van der Waals surface area contributed by atoms with Crippen LogP contribution in [0.25, 0.3) is 0 Å². The van der Waals surface area contributed by atoms with Crippen LogP contribution in [-0.2, 0) is 13.0 Å². The summed E-state index contributed by atoms with van der Waals surface area (Å²) in [4.78, 5) is 10.2. The summed E-state index contributed by atoms with van der Waals surface area (Å²) in [6, 6.07) is 5.09. The Morgan fingerprint density at radius 2 is 2.12 bits per heavy atom. The van der Waals surface area contributed by atoms with Crippen LogP contribution in [0.15, 0.2) is 27.7 Å². The van der Waals surface area contributed by atoms with E-state index in [9.17, 15) is 4.39 Å². The molecule has 1 heterocycles. The van der Waals surface area contributed by atoms with Gasteiger partial charge in [0.25, 0.3) is 0 Å². The van der Waals surface area contributed by atoms with Crippen molar-refractivity contribution in [3.05, 3.63) is 49.6 Å². The first-order valence-corrected chi connectivity index (χ1v) is 9.49. The van der Waals surface area contributed by atoms with Crippen LogP contribution in [0.2, 0.25) is 0 Å². The molecule has 0 aliphatic heterocycles. The van der Waals surface area contributed by atoms with E-state index in [4.69, 9.17) is 0 Å². The quantitative estimate of drug-likeness (QED) is 0.557. The van der Waals surface area contributed by atoms with E-state index in [-0.39, 0.29) is 5.82 Å². The van der Waals surface area contributed by atoms with Gasteiger partial charge >= 0.3 is 0 Å². The van der Waals surface area contributed by atoms with Gasteiger partial charge in [-0.2, -0.15) is 0 Å². The largest absolute Gasteiger partial charge is 0.357 e. The van der Waals surface area contributed by atoms with Crippen LogP contribution >= 0.6 is 27.3 Å². The number of aliphatic imine (C=N–C) groups is 1. The van der Waals surface area contributed by atoms with Gasteiger partial charge in [-0.05, 0) is 60.8 Å². The van der Waals surface area contributed by atoms with Crippen molar-refractivity contribution in [1.29, 1.82) is 0 Å². The molecule has 7 heteroatoms. The van der Waals surface area contributed by atoms with Crippen LogP contribution in [0.3, 0.4) is 0 Å². The summed E-state index contributed by atoms with van der Waals surface area (Å²) in [5, 5.41) is 7.62. The highest BCUT2D eigenvalue weighted by atomic mass is 79.9. The maximum absolute atomic E-state index is 13.2. The number of nitrogens with zero attached hydrogens (tertiary/aromatic N) is 2. The number of aryl methyl sites for hydroxylation is 2. The first-order valence-electron chi connectivity index (χ1n) is 7.88. The highest BCUT2D eigenvalue weighted by molar-refractivity contribution is 9.10. The maximum Gasteiger partial charge on any atom is 0.191 e. The van der Waals surface area contributed by atoms with Gasteiger partial charge in [0.2, 0.25) is 0 Å². The van der Waals surface area contributed by atoms with Gasteiger partial charge in [0, 0.05) is 18.0 Å². The third kappa shape index (κ3) is 5.56. The molecule has 0 saturated heterocycles. The van der Waals surface area contributed by atoms with Crippen LogP contribution in [0.1, 0.15) is 28.1 Å². The van der Waals surface area contributed by atoms with Crippen LogP contribution in [0, 0.1) is 19.7 Å². The number of benzene rings is 1. The molecule has 130 valence electrons. The molecule has 1 aromatic carbocycles. The maximum atomic E-state index is 13.2. The summed E-state index contributed by atoms with van der Waals surface area (Å²) in [5.41, 5.74) is 2.12. The normalized spacial score (nSPS) is 11.6. The molecule has 0 atom stereocenters. The topological polar surface area (TPSA) is 49.3 Å². The predicted molar refractivity (Wildman–Crippen MR) is 102 cm³/mol. The number of halogens is 2. The molecule has 24 heavy (non-hydrogen) atoms. The number of hydrogen-bond donors (Lipinski definition) is 2. The smallest absolute Gasteiger partial charge is 0.191 e. The molecule has 0 aliphatic carbocycles. The fraction of sp³-hybridized carbons (Fsp3) is 0.412. The van der Waals surface area contributed by atoms with Crippen LogP contribution in [0.4, 0.5) is 4.39 Å². The number of hydrogen-bond acceptors (Lipinski definition) is 3. The summed E-state index contributed by atoms with van der Waals surface area (Å²) in [5.74, 6) is 0.543. The second kappa shape index (κ2) is 9.13. The lowest BCUT2D eigenvalue weighted by Crippen LogP contribution is -2.38. The van der Waals surface area contributed by atoms with Crippen molar-refractivity contribution in [2.24, 2.45) is 4.99 Å². The minimum absolute atomic E-state index is 0.239. The zero-order valence-electron chi connectivity index (χ0n) is 14.1. The van der Waals surface area contributed by atoms with Gasteiger partial charge in [0.05, 0.1) is 21.7 Å². The molecule has 0 saturated carbocycles. The molecule has 4 nitrogen and oxygen atoms in total. The Bertz CT molecular complexity index is 715. The highest BCUT2D eigenvalue weighted by Crippen LogP contribution is 2.18. The molecule has 0 radical (unpaired) electrons. The molecule has 0 aliphatic rings. The molecule has 2 N–H and O–H groups in total. The van der Waals surface area contributed by atoms with Crippen molar-refractivity contribution in [3.8, 4) is 0 Å². The third-order valence-electron chi connectivity index (χ3n) is 3.41. The van der Waals surface area contributed by atoms with Gasteiger partial charge in [-0.3, -0.25) is 0 Å². The zero-order valence-corrected chi connectivity index (χ0v) is 16.5. The Kier molecular flexibility index (Phi) is 7.17. The number of rotatable bonds is 6.